The van der Waals surface area contributed by atoms with Crippen LogP contribution in [0.5, 0.6) is 0 Å². The highest BCUT2D eigenvalue weighted by molar-refractivity contribution is 5.80. The summed E-state index contributed by atoms with van der Waals surface area (Å²) in [6, 6.07) is 6.59. The molecule has 2 N–H and O–H groups in total. The Bertz CT molecular complexity index is 773. The number of guanidine groups is 1. The van der Waals surface area contributed by atoms with Gasteiger partial charge in [-0.3, -0.25) is 4.99 Å². The van der Waals surface area contributed by atoms with E-state index in [2.05, 4.69) is 32.6 Å². The van der Waals surface area contributed by atoms with Gasteiger partial charge in [0.05, 0.1) is 12.6 Å². The number of aryl methyl sites for hydroxylation is 2. The lowest BCUT2D eigenvalue weighted by Gasteiger charge is -2.26. The molecule has 3 rings (SSSR count). The van der Waals surface area contributed by atoms with Crippen molar-refractivity contribution in [2.75, 3.05) is 20.7 Å². The summed E-state index contributed by atoms with van der Waals surface area (Å²) >= 11 is 0. The van der Waals surface area contributed by atoms with Crippen LogP contribution >= 0.6 is 0 Å². The van der Waals surface area contributed by atoms with Crippen LogP contribution < -0.4 is 10.6 Å². The van der Waals surface area contributed by atoms with Crippen molar-refractivity contribution in [2.45, 2.75) is 44.9 Å². The molecule has 146 valence electrons. The Labute approximate surface area is 159 Å². The third-order valence-electron chi connectivity index (χ3n) is 4.76. The molecule has 0 spiro atoms. The average molecular weight is 374 g/mol. The smallest absolute Gasteiger partial charge is 0.191 e. The third kappa shape index (κ3) is 4.82. The Kier molecular flexibility index (Phi) is 6.39. The van der Waals surface area contributed by atoms with E-state index in [1.54, 1.807) is 26.3 Å². The van der Waals surface area contributed by atoms with Crippen molar-refractivity contribution >= 4 is 5.96 Å². The number of nitrogens with zero attached hydrogens (tertiary/aromatic N) is 4. The van der Waals surface area contributed by atoms with Crippen LogP contribution in [0.3, 0.4) is 0 Å². The van der Waals surface area contributed by atoms with Gasteiger partial charge >= 0.3 is 0 Å². The second-order valence-electron chi connectivity index (χ2n) is 6.59. The molecule has 2 unspecified atom stereocenters. The summed E-state index contributed by atoms with van der Waals surface area (Å²) in [5, 5.41) is 11.3. The van der Waals surface area contributed by atoms with Gasteiger partial charge < -0.3 is 15.4 Å². The maximum Gasteiger partial charge on any atom is 0.191 e. The summed E-state index contributed by atoms with van der Waals surface area (Å²) in [7, 11) is 3.39. The summed E-state index contributed by atoms with van der Waals surface area (Å²) in [4.78, 5) is 8.86. The zero-order chi connectivity index (χ0) is 19.2. The fourth-order valence-corrected chi connectivity index (χ4v) is 3.22. The molecular formula is C19H27FN6O. The van der Waals surface area contributed by atoms with E-state index in [1.807, 2.05) is 4.68 Å². The zero-order valence-electron chi connectivity index (χ0n) is 16.1. The lowest BCUT2D eigenvalue weighted by atomic mass is 10.1. The quantitative estimate of drug-likeness (QED) is 0.596. The van der Waals surface area contributed by atoms with E-state index < -0.39 is 0 Å². The summed E-state index contributed by atoms with van der Waals surface area (Å²) in [5.74, 6) is 2.41. The second-order valence-corrected chi connectivity index (χ2v) is 6.59. The van der Waals surface area contributed by atoms with Crippen molar-refractivity contribution in [1.82, 2.24) is 25.4 Å². The molecule has 2 heterocycles. The fourth-order valence-electron chi connectivity index (χ4n) is 3.22. The van der Waals surface area contributed by atoms with Gasteiger partial charge in [-0.2, -0.15) is 5.10 Å². The molecule has 8 heteroatoms. The van der Waals surface area contributed by atoms with Crippen molar-refractivity contribution in [2.24, 2.45) is 4.99 Å². The van der Waals surface area contributed by atoms with Crippen LogP contribution in [0.4, 0.5) is 4.39 Å². The number of ether oxygens (including phenoxy) is 1. The van der Waals surface area contributed by atoms with Crippen molar-refractivity contribution in [3.8, 4) is 0 Å². The first-order valence-electron chi connectivity index (χ1n) is 9.31. The van der Waals surface area contributed by atoms with Gasteiger partial charge in [0.2, 0.25) is 0 Å². The van der Waals surface area contributed by atoms with Crippen molar-refractivity contribution in [3.05, 3.63) is 47.3 Å². The van der Waals surface area contributed by atoms with Gasteiger partial charge in [-0.05, 0) is 24.1 Å². The minimum atomic E-state index is -0.255. The first kappa shape index (κ1) is 19.3. The number of benzene rings is 1. The summed E-state index contributed by atoms with van der Waals surface area (Å²) in [6.45, 7) is 3.37. The summed E-state index contributed by atoms with van der Waals surface area (Å²) in [6.07, 6.45) is 2.54. The van der Waals surface area contributed by atoms with Gasteiger partial charge in [-0.15, -0.1) is 0 Å². The van der Waals surface area contributed by atoms with E-state index in [0.717, 1.165) is 43.0 Å². The monoisotopic (exact) mass is 374 g/mol. The lowest BCUT2D eigenvalue weighted by Crippen LogP contribution is -2.48. The minimum Gasteiger partial charge on any atom is -0.375 e. The number of methoxy groups -OCH3 is 1. The normalized spacial score (nSPS) is 18.1. The van der Waals surface area contributed by atoms with E-state index in [1.165, 1.54) is 12.1 Å². The van der Waals surface area contributed by atoms with Crippen LogP contribution in [0.2, 0.25) is 0 Å². The molecule has 0 bridgehead atoms. The molecule has 1 aromatic heterocycles. The second kappa shape index (κ2) is 8.94. The number of hydrogen-bond acceptors (Lipinski definition) is 4. The first-order valence-corrected chi connectivity index (χ1v) is 9.31. The molecule has 0 amide bonds. The summed E-state index contributed by atoms with van der Waals surface area (Å²) < 4.78 is 20.6. The van der Waals surface area contributed by atoms with E-state index in [0.29, 0.717) is 12.5 Å². The molecule has 0 saturated heterocycles. The number of hydrogen-bond donors (Lipinski definition) is 2. The molecule has 2 atom stereocenters. The number of aromatic nitrogens is 3. The lowest BCUT2D eigenvalue weighted by molar-refractivity contribution is 0.106. The number of halogens is 1. The fraction of sp³-hybridized carbons (Fsp3) is 0.526. The molecule has 1 aliphatic heterocycles. The van der Waals surface area contributed by atoms with Gasteiger partial charge in [-0.25, -0.2) is 14.1 Å². The number of rotatable bonds is 6. The minimum absolute atomic E-state index is 0.190. The first-order chi connectivity index (χ1) is 13.1. The molecule has 27 heavy (non-hydrogen) atoms. The van der Waals surface area contributed by atoms with E-state index in [9.17, 15) is 4.39 Å². The topological polar surface area (TPSA) is 76.4 Å². The van der Waals surface area contributed by atoms with Gasteiger partial charge in [-0.1, -0.05) is 19.1 Å². The molecule has 2 aromatic rings. The number of aliphatic imine (C=N–C) groups is 1. The Morgan fingerprint density at radius 2 is 2.19 bits per heavy atom. The molecule has 1 aromatic carbocycles. The Morgan fingerprint density at radius 1 is 1.41 bits per heavy atom. The average Bonchev–Trinajstić information content (AvgIpc) is 3.11. The zero-order valence-corrected chi connectivity index (χ0v) is 16.1. The third-order valence-corrected chi connectivity index (χ3v) is 4.76. The highest BCUT2D eigenvalue weighted by Crippen LogP contribution is 2.16. The molecule has 0 radical (unpaired) electrons. The van der Waals surface area contributed by atoms with Crippen LogP contribution in [0.1, 0.15) is 36.7 Å². The Balaban J connectivity index is 1.55. The van der Waals surface area contributed by atoms with Gasteiger partial charge in [0.25, 0.3) is 0 Å². The van der Waals surface area contributed by atoms with Gasteiger partial charge in [0.15, 0.2) is 11.8 Å². The maximum atomic E-state index is 13.1. The molecular weight excluding hydrogens is 347 g/mol. The predicted molar refractivity (Wildman–Crippen MR) is 102 cm³/mol. The molecule has 0 saturated carbocycles. The molecule has 1 aliphatic rings. The van der Waals surface area contributed by atoms with E-state index >= 15 is 0 Å². The van der Waals surface area contributed by atoms with Gasteiger partial charge in [0, 0.05) is 39.6 Å². The van der Waals surface area contributed by atoms with Crippen LogP contribution in [0.25, 0.3) is 0 Å². The van der Waals surface area contributed by atoms with Crippen molar-refractivity contribution < 1.29 is 9.13 Å². The Hall–Kier alpha value is -2.48. The molecule has 0 fully saturated rings. The van der Waals surface area contributed by atoms with Crippen LogP contribution in [0.15, 0.2) is 29.3 Å². The van der Waals surface area contributed by atoms with Crippen LogP contribution in [0, 0.1) is 5.82 Å². The number of nitrogens with one attached hydrogen (secondary N) is 2. The summed E-state index contributed by atoms with van der Waals surface area (Å²) in [5.41, 5.74) is 0.916. The predicted octanol–water partition coefficient (Wildman–Crippen LogP) is 1.85. The standard InChI is InChI=1S/C19H27FN6O/c1-4-17-24-18-10-9-15(12-26(18)25-17)23-19(21-2)22-11-16(27-3)13-5-7-14(20)8-6-13/h5-8,15-16H,4,9-12H2,1-3H3,(H2,21,22,23). The molecule has 7 nitrogen and oxygen atoms in total. The highest BCUT2D eigenvalue weighted by Gasteiger charge is 2.22. The SMILES string of the molecule is CCc1nc2n(n1)CC(NC(=NC)NCC(OC)c1ccc(F)cc1)CC2. The van der Waals surface area contributed by atoms with Crippen molar-refractivity contribution in [1.29, 1.82) is 0 Å². The largest absolute Gasteiger partial charge is 0.375 e. The highest BCUT2D eigenvalue weighted by atomic mass is 19.1. The van der Waals surface area contributed by atoms with Crippen LogP contribution in [-0.4, -0.2) is 47.5 Å². The van der Waals surface area contributed by atoms with E-state index in [-0.39, 0.29) is 18.0 Å². The maximum absolute atomic E-state index is 13.1. The van der Waals surface area contributed by atoms with Crippen molar-refractivity contribution in [3.63, 3.8) is 0 Å². The van der Waals surface area contributed by atoms with Gasteiger partial charge in [0.1, 0.15) is 11.6 Å². The Morgan fingerprint density at radius 3 is 2.85 bits per heavy atom. The van der Waals surface area contributed by atoms with E-state index in [4.69, 9.17) is 4.74 Å². The molecule has 0 aliphatic carbocycles. The number of fused-ring (bicyclic) bond motifs is 1. The van der Waals surface area contributed by atoms with Crippen LogP contribution in [-0.2, 0) is 24.1 Å².